The molecule has 4 rings (SSSR count). The van der Waals surface area contributed by atoms with E-state index in [0.717, 1.165) is 16.3 Å². The van der Waals surface area contributed by atoms with Gasteiger partial charge in [-0.1, -0.05) is 42.5 Å². The van der Waals surface area contributed by atoms with Gasteiger partial charge in [0.25, 0.3) is 0 Å². The summed E-state index contributed by atoms with van der Waals surface area (Å²) in [7, 11) is 0. The van der Waals surface area contributed by atoms with Crippen molar-refractivity contribution in [3.05, 3.63) is 48.0 Å². The second-order valence-corrected chi connectivity index (χ2v) is 19.2. The highest BCUT2D eigenvalue weighted by atomic mass is 16.4. The summed E-state index contributed by atoms with van der Waals surface area (Å²) in [6.07, 6.45) is 2.76. The van der Waals surface area contributed by atoms with Crippen LogP contribution in [-0.4, -0.2) is 214 Å². The average Bonchev–Trinajstić information content (AvgIpc) is 3.34. The number of carbonyl (C=O) groups excluding carboxylic acids is 5. The van der Waals surface area contributed by atoms with Crippen molar-refractivity contribution in [3.63, 3.8) is 0 Å². The highest BCUT2D eigenvalue weighted by molar-refractivity contribution is 5.90. The highest BCUT2D eigenvalue weighted by Crippen LogP contribution is 2.29. The predicted molar refractivity (Wildman–Crippen MR) is 268 cm³/mol. The van der Waals surface area contributed by atoms with Crippen molar-refractivity contribution in [2.75, 3.05) is 91.6 Å². The number of ketones is 1. The Morgan fingerprint density at radius 2 is 1.07 bits per heavy atom. The molecule has 0 radical (unpaired) electrons. The Hall–Kier alpha value is -6.76. The summed E-state index contributed by atoms with van der Waals surface area (Å²) >= 11 is 0. The Bertz CT molecular complexity index is 2230. The van der Waals surface area contributed by atoms with Gasteiger partial charge < -0.3 is 56.9 Å². The molecular weight excluding hydrogens is 967 g/mol. The second kappa shape index (κ2) is 31.1. The third-order valence-corrected chi connectivity index (χ3v) is 13.3. The SMILES string of the molecule is CC(=O)CCC(NC(=O)NC(CCCCNC(=O)C(Cc1ccc2ccccc2c1)NC(=O)C1CCC(CNC(=O)CN2CCN(CC(=O)O)CCN(CC(=O)O)CCN(CC(=O)O)CC2)CC1)C(=O)O)C(=O)O. The van der Waals surface area contributed by atoms with E-state index in [-0.39, 0.29) is 128 Å². The fraction of sp³-hybridized carbons (Fsp3) is 0.600. The monoisotopic (exact) mass is 1040 g/mol. The smallest absolute Gasteiger partial charge is 0.326 e. The molecule has 24 nitrogen and oxygen atoms in total. The molecule has 2 fully saturated rings. The van der Waals surface area contributed by atoms with Gasteiger partial charge in [-0.25, -0.2) is 14.4 Å². The van der Waals surface area contributed by atoms with Gasteiger partial charge in [-0.2, -0.15) is 0 Å². The van der Waals surface area contributed by atoms with E-state index >= 15 is 0 Å². The van der Waals surface area contributed by atoms with E-state index < -0.39 is 65.8 Å². The third-order valence-electron chi connectivity index (χ3n) is 13.3. The minimum absolute atomic E-state index is 0.0223. The number of nitrogens with one attached hydrogen (secondary N) is 5. The number of carboxylic acids is 5. The Balaban J connectivity index is 1.30. The lowest BCUT2D eigenvalue weighted by atomic mass is 9.81. The molecule has 3 unspecified atom stereocenters. The van der Waals surface area contributed by atoms with Gasteiger partial charge >= 0.3 is 35.9 Å². The number of rotatable bonds is 27. The standard InChI is InChI=1S/C50H73N9O15/c1-33(60)9-16-40(49(72)73)55-50(74)54-39(48(70)71)8-4-5-17-51-47(69)41(27-35-12-13-36-6-2-3-7-38(36)26-35)53-46(68)37-14-10-34(11-15-37)28-52-42(61)29-56-18-20-57(30-43(62)63)22-24-59(32-45(66)67)25-23-58(21-19-56)31-44(64)65/h2-3,6-7,12-13,26,34,37,39-41H,4-5,8-11,14-25,27-32H2,1H3,(H,51,69)(H,52,61)(H,53,68)(H,62,63)(H,64,65)(H,66,67)(H,70,71)(H,72,73)(H2,54,55,74). The van der Waals surface area contributed by atoms with Crippen molar-refractivity contribution in [1.29, 1.82) is 0 Å². The number of amides is 5. The quantitative estimate of drug-likeness (QED) is 0.0532. The van der Waals surface area contributed by atoms with E-state index in [9.17, 15) is 73.5 Å². The summed E-state index contributed by atoms with van der Waals surface area (Å²) in [5.41, 5.74) is 0.816. The van der Waals surface area contributed by atoms with Crippen LogP contribution in [-0.2, 0) is 49.6 Å². The number of urea groups is 1. The van der Waals surface area contributed by atoms with Crippen LogP contribution in [0, 0.1) is 11.8 Å². The molecule has 10 N–H and O–H groups in total. The minimum Gasteiger partial charge on any atom is -0.480 e. The largest absolute Gasteiger partial charge is 0.480 e. The number of aliphatic carboxylic acids is 5. The zero-order chi connectivity index (χ0) is 54.2. The van der Waals surface area contributed by atoms with Gasteiger partial charge in [0.2, 0.25) is 17.7 Å². The molecule has 2 aliphatic rings. The molecule has 1 saturated heterocycles. The summed E-state index contributed by atoms with van der Waals surface area (Å²) < 4.78 is 0. The van der Waals surface area contributed by atoms with E-state index in [1.807, 2.05) is 47.4 Å². The Labute approximate surface area is 429 Å². The van der Waals surface area contributed by atoms with Crippen LogP contribution in [0.4, 0.5) is 4.79 Å². The summed E-state index contributed by atoms with van der Waals surface area (Å²) in [5, 5.41) is 62.9. The van der Waals surface area contributed by atoms with Gasteiger partial charge in [0, 0.05) is 84.2 Å². The van der Waals surface area contributed by atoms with Crippen molar-refractivity contribution in [1.82, 2.24) is 46.2 Å². The number of unbranched alkanes of at least 4 members (excludes halogenated alkanes) is 1. The lowest BCUT2D eigenvalue weighted by Gasteiger charge is -2.33. The molecule has 1 heterocycles. The van der Waals surface area contributed by atoms with Crippen molar-refractivity contribution in [2.45, 2.75) is 89.3 Å². The number of benzene rings is 2. The lowest BCUT2D eigenvalue weighted by molar-refractivity contribution is -0.140. The fourth-order valence-electron chi connectivity index (χ4n) is 9.06. The molecule has 2 aromatic rings. The van der Waals surface area contributed by atoms with Gasteiger partial charge in [-0.15, -0.1) is 0 Å². The van der Waals surface area contributed by atoms with E-state index in [1.54, 1.807) is 14.7 Å². The number of Topliss-reactive ketones (excluding diaryl/α,β-unsaturated/α-hetero) is 1. The first-order valence-electron chi connectivity index (χ1n) is 25.1. The topological polar surface area (TPSA) is 345 Å². The second-order valence-electron chi connectivity index (χ2n) is 19.2. The number of hydrogen-bond donors (Lipinski definition) is 10. The van der Waals surface area contributed by atoms with Crippen molar-refractivity contribution >= 4 is 70.2 Å². The van der Waals surface area contributed by atoms with Crippen LogP contribution in [0.25, 0.3) is 10.8 Å². The molecule has 408 valence electrons. The molecule has 1 aliphatic heterocycles. The van der Waals surface area contributed by atoms with Crippen molar-refractivity contribution in [2.24, 2.45) is 11.8 Å². The molecule has 1 saturated carbocycles. The molecule has 0 aromatic heterocycles. The number of carbonyl (C=O) groups is 10. The number of carboxylic acid groups (broad SMARTS) is 5. The summed E-state index contributed by atoms with van der Waals surface area (Å²) in [6.45, 7) is 3.10. The Morgan fingerprint density at radius 3 is 1.57 bits per heavy atom. The van der Waals surface area contributed by atoms with E-state index in [2.05, 4.69) is 26.6 Å². The third kappa shape index (κ3) is 22.6. The minimum atomic E-state index is -1.39. The zero-order valence-corrected chi connectivity index (χ0v) is 42.0. The number of fused-ring (bicyclic) bond motifs is 1. The fourth-order valence-corrected chi connectivity index (χ4v) is 9.06. The summed E-state index contributed by atoms with van der Waals surface area (Å²) in [4.78, 5) is 130. The molecule has 0 bridgehead atoms. The average molecular weight is 1040 g/mol. The molecule has 24 heteroatoms. The van der Waals surface area contributed by atoms with Gasteiger partial charge in [-0.05, 0) is 80.5 Å². The number of nitrogens with zero attached hydrogens (tertiary/aromatic N) is 4. The molecule has 5 amide bonds. The van der Waals surface area contributed by atoms with Gasteiger partial charge in [-0.3, -0.25) is 48.4 Å². The molecule has 74 heavy (non-hydrogen) atoms. The first kappa shape index (κ1) is 59.8. The van der Waals surface area contributed by atoms with Gasteiger partial charge in [0.1, 0.15) is 23.9 Å². The number of hydrogen-bond acceptors (Lipinski definition) is 14. The van der Waals surface area contributed by atoms with Crippen LogP contribution < -0.4 is 26.6 Å². The maximum atomic E-state index is 13.8. The summed E-state index contributed by atoms with van der Waals surface area (Å²) in [5.74, 6) is -7.44. The van der Waals surface area contributed by atoms with Crippen LogP contribution in [0.1, 0.15) is 70.3 Å². The van der Waals surface area contributed by atoms with Crippen molar-refractivity contribution in [3.8, 4) is 0 Å². The lowest BCUT2D eigenvalue weighted by Crippen LogP contribution is -2.51. The van der Waals surface area contributed by atoms with Crippen LogP contribution in [0.3, 0.4) is 0 Å². The zero-order valence-electron chi connectivity index (χ0n) is 42.0. The summed E-state index contributed by atoms with van der Waals surface area (Å²) in [6, 6.07) is 8.81. The molecular formula is C50H73N9O15. The van der Waals surface area contributed by atoms with Crippen LogP contribution >= 0.6 is 0 Å². The molecule has 1 aliphatic carbocycles. The van der Waals surface area contributed by atoms with Crippen LogP contribution in [0.15, 0.2) is 42.5 Å². The van der Waals surface area contributed by atoms with Crippen LogP contribution in [0.5, 0.6) is 0 Å². The van der Waals surface area contributed by atoms with E-state index in [0.29, 0.717) is 51.7 Å². The highest BCUT2D eigenvalue weighted by Gasteiger charge is 2.31. The molecule has 2 aromatic carbocycles. The first-order valence-corrected chi connectivity index (χ1v) is 25.1. The predicted octanol–water partition coefficient (Wildman–Crippen LogP) is 0.126. The van der Waals surface area contributed by atoms with E-state index in [1.165, 1.54) is 6.92 Å². The Kier molecular flexibility index (Phi) is 25.1. The van der Waals surface area contributed by atoms with Gasteiger partial charge in [0.15, 0.2) is 0 Å². The normalized spacial score (nSPS) is 18.8. The molecule has 3 atom stereocenters. The Morgan fingerprint density at radius 1 is 0.568 bits per heavy atom. The van der Waals surface area contributed by atoms with E-state index in [4.69, 9.17) is 0 Å². The maximum Gasteiger partial charge on any atom is 0.326 e. The van der Waals surface area contributed by atoms with Crippen LogP contribution in [0.2, 0.25) is 0 Å². The van der Waals surface area contributed by atoms with Gasteiger partial charge in [0.05, 0.1) is 26.2 Å². The maximum absolute atomic E-state index is 13.8. The molecule has 0 spiro atoms. The first-order chi connectivity index (χ1) is 35.2. The van der Waals surface area contributed by atoms with Crippen molar-refractivity contribution < 1.29 is 73.5 Å².